The van der Waals surface area contributed by atoms with E-state index in [4.69, 9.17) is 21.2 Å². The predicted molar refractivity (Wildman–Crippen MR) is 122 cm³/mol. The number of anilines is 1. The number of nitrogens with zero attached hydrogens (tertiary/aromatic N) is 1. The smallest absolute Gasteiger partial charge is 0.119 e. The van der Waals surface area contributed by atoms with E-state index in [0.29, 0.717) is 0 Å². The van der Waals surface area contributed by atoms with Crippen molar-refractivity contribution in [2.24, 2.45) is 0 Å². The van der Waals surface area contributed by atoms with Gasteiger partial charge in [-0.1, -0.05) is 60.1 Å². The number of benzene rings is 3. The number of rotatable bonds is 4. The Kier molecular flexibility index (Phi) is 5.24. The highest BCUT2D eigenvalue weighted by Crippen LogP contribution is 2.45. The SMILES string of the molecule is COc1ccc2c(c1)CCC(C1CC(c3ccccc3)ON1c1ccccc1)=C2Cl. The summed E-state index contributed by atoms with van der Waals surface area (Å²) in [4.78, 5) is 6.49. The lowest BCUT2D eigenvalue weighted by Gasteiger charge is -2.30. The van der Waals surface area contributed by atoms with Crippen LogP contribution in [0, 0.1) is 0 Å². The molecule has 2 atom stereocenters. The van der Waals surface area contributed by atoms with E-state index in [9.17, 15) is 0 Å². The number of methoxy groups -OCH3 is 1. The van der Waals surface area contributed by atoms with Crippen LogP contribution in [-0.4, -0.2) is 13.2 Å². The van der Waals surface area contributed by atoms with Crippen molar-refractivity contribution < 1.29 is 9.57 Å². The Balaban J connectivity index is 1.54. The quantitative estimate of drug-likeness (QED) is 0.480. The first-order valence-corrected chi connectivity index (χ1v) is 10.7. The van der Waals surface area contributed by atoms with E-state index in [2.05, 4.69) is 53.6 Å². The maximum absolute atomic E-state index is 6.99. The molecule has 0 amide bonds. The largest absolute Gasteiger partial charge is 0.497 e. The zero-order valence-electron chi connectivity index (χ0n) is 16.9. The van der Waals surface area contributed by atoms with Crippen molar-refractivity contribution in [3.63, 3.8) is 0 Å². The number of para-hydroxylation sites is 1. The van der Waals surface area contributed by atoms with E-state index in [1.165, 1.54) is 16.7 Å². The molecule has 0 N–H and O–H groups in total. The average Bonchev–Trinajstić information content (AvgIpc) is 3.25. The number of aryl methyl sites for hydroxylation is 1. The summed E-state index contributed by atoms with van der Waals surface area (Å²) < 4.78 is 5.39. The van der Waals surface area contributed by atoms with Gasteiger partial charge in [-0.15, -0.1) is 0 Å². The first-order chi connectivity index (χ1) is 14.7. The molecule has 0 aromatic heterocycles. The van der Waals surface area contributed by atoms with E-state index in [0.717, 1.165) is 41.3 Å². The van der Waals surface area contributed by atoms with Crippen molar-refractivity contribution in [2.75, 3.05) is 12.2 Å². The second kappa shape index (κ2) is 8.17. The standard InChI is InChI=1S/C26H24ClNO2/c1-29-21-13-15-22-19(16-21)12-14-23(26(22)27)24-17-25(18-8-4-2-5-9-18)30-28(24)20-10-6-3-7-11-20/h2-11,13,15-16,24-25H,12,14,17H2,1H3. The Labute approximate surface area is 182 Å². The van der Waals surface area contributed by atoms with Gasteiger partial charge in [-0.25, -0.2) is 5.06 Å². The summed E-state index contributed by atoms with van der Waals surface area (Å²) in [6.07, 6.45) is 2.74. The molecular formula is C26H24ClNO2. The van der Waals surface area contributed by atoms with E-state index in [1.54, 1.807) is 7.11 Å². The second-order valence-electron chi connectivity index (χ2n) is 7.78. The molecule has 1 heterocycles. The molecule has 0 saturated carbocycles. The van der Waals surface area contributed by atoms with Gasteiger partial charge in [0.1, 0.15) is 11.9 Å². The highest BCUT2D eigenvalue weighted by molar-refractivity contribution is 6.49. The molecule has 3 aromatic rings. The minimum Gasteiger partial charge on any atom is -0.497 e. The second-order valence-corrected chi connectivity index (χ2v) is 8.16. The van der Waals surface area contributed by atoms with Crippen LogP contribution in [0.1, 0.15) is 35.6 Å². The minimum absolute atomic E-state index is 0.00522. The number of halogens is 1. The fraction of sp³-hybridized carbons (Fsp3) is 0.231. The van der Waals surface area contributed by atoms with Gasteiger partial charge >= 0.3 is 0 Å². The fourth-order valence-electron chi connectivity index (χ4n) is 4.50. The maximum atomic E-state index is 6.99. The molecule has 3 nitrogen and oxygen atoms in total. The van der Waals surface area contributed by atoms with Crippen molar-refractivity contribution in [1.29, 1.82) is 0 Å². The molecular weight excluding hydrogens is 394 g/mol. The van der Waals surface area contributed by atoms with Crippen LogP contribution in [0.2, 0.25) is 0 Å². The summed E-state index contributed by atoms with van der Waals surface area (Å²) in [6, 6.07) is 27.0. The molecule has 2 unspecified atom stereocenters. The van der Waals surface area contributed by atoms with Gasteiger partial charge in [0.15, 0.2) is 0 Å². The van der Waals surface area contributed by atoms with Crippen molar-refractivity contribution in [1.82, 2.24) is 0 Å². The minimum atomic E-state index is 0.00522. The molecule has 1 aliphatic heterocycles. The van der Waals surface area contributed by atoms with Crippen molar-refractivity contribution in [3.8, 4) is 5.75 Å². The lowest BCUT2D eigenvalue weighted by atomic mass is 9.86. The fourth-order valence-corrected chi connectivity index (χ4v) is 4.90. The summed E-state index contributed by atoms with van der Waals surface area (Å²) in [5.41, 5.74) is 5.84. The highest BCUT2D eigenvalue weighted by Gasteiger charge is 2.39. The average molecular weight is 418 g/mol. The molecule has 0 radical (unpaired) electrons. The molecule has 0 bridgehead atoms. The summed E-state index contributed by atoms with van der Waals surface area (Å²) in [6.45, 7) is 0. The van der Waals surface area contributed by atoms with Crippen LogP contribution >= 0.6 is 11.6 Å². The number of hydroxylamine groups is 1. The Bertz CT molecular complexity index is 1060. The van der Waals surface area contributed by atoms with Gasteiger partial charge in [0.25, 0.3) is 0 Å². The van der Waals surface area contributed by atoms with E-state index in [1.807, 2.05) is 30.3 Å². The molecule has 1 saturated heterocycles. The van der Waals surface area contributed by atoms with Gasteiger partial charge < -0.3 is 4.74 Å². The topological polar surface area (TPSA) is 21.7 Å². The zero-order chi connectivity index (χ0) is 20.5. The van der Waals surface area contributed by atoms with Crippen LogP contribution in [0.15, 0.2) is 84.4 Å². The molecule has 3 aromatic carbocycles. The number of fused-ring (bicyclic) bond motifs is 1. The van der Waals surface area contributed by atoms with Gasteiger partial charge in [-0.2, -0.15) is 0 Å². The van der Waals surface area contributed by atoms with Crippen LogP contribution in [0.4, 0.5) is 5.69 Å². The third-order valence-electron chi connectivity index (χ3n) is 6.04. The van der Waals surface area contributed by atoms with Crippen LogP contribution < -0.4 is 9.80 Å². The third-order valence-corrected chi connectivity index (χ3v) is 6.49. The van der Waals surface area contributed by atoms with Crippen molar-refractivity contribution >= 4 is 22.3 Å². The molecule has 1 aliphatic carbocycles. The molecule has 1 fully saturated rings. The van der Waals surface area contributed by atoms with Crippen LogP contribution in [-0.2, 0) is 11.3 Å². The van der Waals surface area contributed by atoms with Gasteiger partial charge in [-0.05, 0) is 65.4 Å². The normalized spacial score (nSPS) is 20.9. The van der Waals surface area contributed by atoms with Crippen molar-refractivity contribution in [2.45, 2.75) is 31.4 Å². The van der Waals surface area contributed by atoms with E-state index < -0.39 is 0 Å². The zero-order valence-corrected chi connectivity index (χ0v) is 17.7. The summed E-state index contributed by atoms with van der Waals surface area (Å²) in [7, 11) is 1.70. The molecule has 0 spiro atoms. The maximum Gasteiger partial charge on any atom is 0.119 e. The Morgan fingerprint density at radius 3 is 2.40 bits per heavy atom. The molecule has 4 heteroatoms. The van der Waals surface area contributed by atoms with E-state index >= 15 is 0 Å². The molecule has 5 rings (SSSR count). The number of ether oxygens (including phenoxy) is 1. The van der Waals surface area contributed by atoms with Crippen molar-refractivity contribution in [3.05, 3.63) is 101 Å². The summed E-state index contributed by atoms with van der Waals surface area (Å²) in [5.74, 6) is 0.876. The van der Waals surface area contributed by atoms with E-state index in [-0.39, 0.29) is 12.1 Å². The lowest BCUT2D eigenvalue weighted by molar-refractivity contribution is 0.0849. The van der Waals surface area contributed by atoms with Gasteiger partial charge in [0, 0.05) is 11.5 Å². The predicted octanol–water partition coefficient (Wildman–Crippen LogP) is 6.54. The number of hydrogen-bond acceptors (Lipinski definition) is 3. The molecule has 152 valence electrons. The highest BCUT2D eigenvalue weighted by atomic mass is 35.5. The first-order valence-electron chi connectivity index (χ1n) is 10.4. The Hall–Kier alpha value is -2.75. The Morgan fingerprint density at radius 1 is 0.933 bits per heavy atom. The van der Waals surface area contributed by atoms with Crippen LogP contribution in [0.25, 0.3) is 5.03 Å². The third kappa shape index (κ3) is 3.49. The lowest BCUT2D eigenvalue weighted by Crippen LogP contribution is -2.31. The van der Waals surface area contributed by atoms with Crippen LogP contribution in [0.3, 0.4) is 0 Å². The molecule has 2 aliphatic rings. The van der Waals surface area contributed by atoms with Gasteiger partial charge in [0.2, 0.25) is 0 Å². The monoisotopic (exact) mass is 417 g/mol. The Morgan fingerprint density at radius 2 is 1.67 bits per heavy atom. The first kappa shape index (κ1) is 19.2. The number of hydrogen-bond donors (Lipinski definition) is 0. The van der Waals surface area contributed by atoms with Gasteiger partial charge in [-0.3, -0.25) is 4.84 Å². The van der Waals surface area contributed by atoms with Crippen LogP contribution in [0.5, 0.6) is 5.75 Å². The summed E-state index contributed by atoms with van der Waals surface area (Å²) >= 11 is 6.99. The molecule has 30 heavy (non-hydrogen) atoms. The van der Waals surface area contributed by atoms with Gasteiger partial charge in [0.05, 0.1) is 18.8 Å². The summed E-state index contributed by atoms with van der Waals surface area (Å²) in [5, 5.41) is 2.91.